The maximum absolute atomic E-state index is 10.7. The van der Waals surface area contributed by atoms with Crippen molar-refractivity contribution in [3.8, 4) is 0 Å². The van der Waals surface area contributed by atoms with Gasteiger partial charge in [-0.05, 0) is 56.8 Å². The molecule has 1 aliphatic rings. The Morgan fingerprint density at radius 3 is 2.87 bits per heavy atom. The second-order valence-electron chi connectivity index (χ2n) is 4.58. The number of nitrogens with zero attached hydrogens (tertiary/aromatic N) is 1. The van der Waals surface area contributed by atoms with Gasteiger partial charge in [0.05, 0.1) is 5.60 Å². The highest BCUT2D eigenvalue weighted by Crippen LogP contribution is 2.36. The zero-order chi connectivity index (χ0) is 10.9. The molecule has 1 saturated heterocycles. The smallest absolute Gasteiger partial charge is 0.0919 e. The van der Waals surface area contributed by atoms with E-state index in [1.807, 2.05) is 0 Å². The van der Waals surface area contributed by atoms with Gasteiger partial charge in [0.15, 0.2) is 0 Å². The highest BCUT2D eigenvalue weighted by Gasteiger charge is 2.32. The molecule has 2 heterocycles. The summed E-state index contributed by atoms with van der Waals surface area (Å²) in [6, 6.07) is 2.09. The van der Waals surface area contributed by atoms with Crippen LogP contribution in [0.15, 0.2) is 11.4 Å². The average molecular weight is 225 g/mol. The van der Waals surface area contributed by atoms with Gasteiger partial charge in [-0.2, -0.15) is 0 Å². The minimum absolute atomic E-state index is 0.575. The fourth-order valence-corrected chi connectivity index (χ4v) is 3.18. The Morgan fingerprint density at radius 2 is 2.20 bits per heavy atom. The Labute approximate surface area is 95.5 Å². The van der Waals surface area contributed by atoms with Gasteiger partial charge in [-0.25, -0.2) is 0 Å². The van der Waals surface area contributed by atoms with Crippen LogP contribution in [0.2, 0.25) is 0 Å². The summed E-state index contributed by atoms with van der Waals surface area (Å²) in [5.41, 5.74) is 0.581. The van der Waals surface area contributed by atoms with Gasteiger partial charge in [0.25, 0.3) is 0 Å². The topological polar surface area (TPSA) is 23.5 Å². The Bertz CT molecular complexity index is 336. The lowest BCUT2D eigenvalue weighted by atomic mass is 9.87. The fourth-order valence-electron chi connectivity index (χ4n) is 2.39. The first-order chi connectivity index (χ1) is 7.12. The Hall–Kier alpha value is -0.380. The van der Waals surface area contributed by atoms with Crippen LogP contribution in [-0.4, -0.2) is 30.1 Å². The summed E-state index contributed by atoms with van der Waals surface area (Å²) >= 11 is 1.73. The summed E-state index contributed by atoms with van der Waals surface area (Å²) in [6.07, 6.45) is 2.85. The van der Waals surface area contributed by atoms with Crippen LogP contribution in [0.4, 0.5) is 0 Å². The Kier molecular flexibility index (Phi) is 3.14. The quantitative estimate of drug-likeness (QED) is 0.793. The van der Waals surface area contributed by atoms with Crippen molar-refractivity contribution in [1.29, 1.82) is 0 Å². The maximum Gasteiger partial charge on any atom is 0.0919 e. The SMILES string of the molecule is Cc1sccc1C1(O)CCCN(C)CC1. The summed E-state index contributed by atoms with van der Waals surface area (Å²) in [5.74, 6) is 0. The molecule has 0 spiro atoms. The number of aliphatic hydroxyl groups is 1. The van der Waals surface area contributed by atoms with E-state index < -0.39 is 5.60 Å². The van der Waals surface area contributed by atoms with E-state index in [1.165, 1.54) is 4.88 Å². The molecule has 1 unspecified atom stereocenters. The minimum atomic E-state index is -0.575. The number of hydrogen-bond acceptors (Lipinski definition) is 3. The average Bonchev–Trinajstić information content (AvgIpc) is 2.55. The van der Waals surface area contributed by atoms with Crippen LogP contribution >= 0.6 is 11.3 Å². The summed E-state index contributed by atoms with van der Waals surface area (Å²) in [6.45, 7) is 4.20. The van der Waals surface area contributed by atoms with Gasteiger partial charge in [-0.1, -0.05) is 0 Å². The number of thiophene rings is 1. The second-order valence-corrected chi connectivity index (χ2v) is 5.70. The lowest BCUT2D eigenvalue weighted by molar-refractivity contribution is 0.0217. The molecule has 15 heavy (non-hydrogen) atoms. The largest absolute Gasteiger partial charge is 0.385 e. The number of rotatable bonds is 1. The third-order valence-corrected chi connectivity index (χ3v) is 4.24. The van der Waals surface area contributed by atoms with Gasteiger partial charge in [0.2, 0.25) is 0 Å². The van der Waals surface area contributed by atoms with E-state index in [-0.39, 0.29) is 0 Å². The van der Waals surface area contributed by atoms with Crippen LogP contribution < -0.4 is 0 Å². The van der Waals surface area contributed by atoms with Gasteiger partial charge in [-0.3, -0.25) is 0 Å². The van der Waals surface area contributed by atoms with Crippen LogP contribution in [0.1, 0.15) is 29.7 Å². The van der Waals surface area contributed by atoms with Crippen LogP contribution in [0.3, 0.4) is 0 Å². The molecular formula is C12H19NOS. The third-order valence-electron chi connectivity index (χ3n) is 3.40. The van der Waals surface area contributed by atoms with Crippen molar-refractivity contribution in [2.75, 3.05) is 20.1 Å². The van der Waals surface area contributed by atoms with Crippen molar-refractivity contribution in [2.24, 2.45) is 0 Å². The molecule has 0 amide bonds. The van der Waals surface area contributed by atoms with E-state index in [0.717, 1.165) is 37.9 Å². The zero-order valence-corrected chi connectivity index (χ0v) is 10.3. The maximum atomic E-state index is 10.7. The molecule has 1 N–H and O–H groups in total. The van der Waals surface area contributed by atoms with E-state index in [0.29, 0.717) is 0 Å². The third kappa shape index (κ3) is 2.25. The predicted octanol–water partition coefficient (Wildman–Crippen LogP) is 2.36. The number of hydrogen-bond donors (Lipinski definition) is 1. The first kappa shape index (κ1) is 11.1. The normalized spacial score (nSPS) is 29.0. The molecule has 3 heteroatoms. The molecule has 0 aromatic carbocycles. The van der Waals surface area contributed by atoms with E-state index in [1.54, 1.807) is 11.3 Å². The molecule has 0 saturated carbocycles. The molecule has 0 bridgehead atoms. The molecule has 1 atom stereocenters. The lowest BCUT2D eigenvalue weighted by Crippen LogP contribution is -2.27. The van der Waals surface area contributed by atoms with E-state index in [4.69, 9.17) is 0 Å². The van der Waals surface area contributed by atoms with Crippen molar-refractivity contribution in [1.82, 2.24) is 4.90 Å². The monoisotopic (exact) mass is 225 g/mol. The highest BCUT2D eigenvalue weighted by molar-refractivity contribution is 7.10. The molecule has 1 aromatic heterocycles. The molecule has 84 valence electrons. The molecule has 1 aromatic rings. The molecule has 0 aliphatic carbocycles. The summed E-state index contributed by atoms with van der Waals surface area (Å²) < 4.78 is 0. The Balaban J connectivity index is 2.22. The van der Waals surface area contributed by atoms with Crippen LogP contribution in [0.25, 0.3) is 0 Å². The molecule has 1 fully saturated rings. The lowest BCUT2D eigenvalue weighted by Gasteiger charge is -2.27. The standard InChI is InChI=1S/C12H19NOS/c1-10-11(4-9-15-10)12(14)5-3-7-13(2)8-6-12/h4,9,14H,3,5-8H2,1-2H3. The summed E-state index contributed by atoms with van der Waals surface area (Å²) in [5, 5.41) is 12.8. The summed E-state index contributed by atoms with van der Waals surface area (Å²) in [4.78, 5) is 3.57. The van der Waals surface area contributed by atoms with E-state index in [2.05, 4.69) is 30.3 Å². The minimum Gasteiger partial charge on any atom is -0.385 e. The molecule has 0 radical (unpaired) electrons. The van der Waals surface area contributed by atoms with Crippen LogP contribution in [-0.2, 0) is 5.60 Å². The van der Waals surface area contributed by atoms with Gasteiger partial charge in [0, 0.05) is 11.4 Å². The van der Waals surface area contributed by atoms with Crippen molar-refractivity contribution in [3.05, 3.63) is 21.9 Å². The highest BCUT2D eigenvalue weighted by atomic mass is 32.1. The van der Waals surface area contributed by atoms with Crippen LogP contribution in [0, 0.1) is 6.92 Å². The summed E-state index contributed by atoms with van der Waals surface area (Å²) in [7, 11) is 2.13. The zero-order valence-electron chi connectivity index (χ0n) is 9.49. The molecule has 2 nitrogen and oxygen atoms in total. The predicted molar refractivity (Wildman–Crippen MR) is 64.3 cm³/mol. The van der Waals surface area contributed by atoms with Crippen molar-refractivity contribution in [3.63, 3.8) is 0 Å². The molecule has 1 aliphatic heterocycles. The fraction of sp³-hybridized carbons (Fsp3) is 0.667. The van der Waals surface area contributed by atoms with Crippen molar-refractivity contribution in [2.45, 2.75) is 31.8 Å². The van der Waals surface area contributed by atoms with Gasteiger partial charge in [0.1, 0.15) is 0 Å². The molecule has 2 rings (SSSR count). The second kappa shape index (κ2) is 4.24. The van der Waals surface area contributed by atoms with E-state index in [9.17, 15) is 5.11 Å². The molecular weight excluding hydrogens is 206 g/mol. The van der Waals surface area contributed by atoms with Gasteiger partial charge < -0.3 is 10.0 Å². The van der Waals surface area contributed by atoms with E-state index >= 15 is 0 Å². The van der Waals surface area contributed by atoms with Gasteiger partial charge in [-0.15, -0.1) is 11.3 Å². The number of aryl methyl sites for hydroxylation is 1. The van der Waals surface area contributed by atoms with Gasteiger partial charge >= 0.3 is 0 Å². The van der Waals surface area contributed by atoms with Crippen LogP contribution in [0.5, 0.6) is 0 Å². The Morgan fingerprint density at radius 1 is 1.40 bits per heavy atom. The van der Waals surface area contributed by atoms with Crippen molar-refractivity contribution >= 4 is 11.3 Å². The number of likely N-dealkylation sites (tertiary alicyclic amines) is 1. The van der Waals surface area contributed by atoms with Crippen molar-refractivity contribution < 1.29 is 5.11 Å². The first-order valence-electron chi connectivity index (χ1n) is 5.57. The first-order valence-corrected chi connectivity index (χ1v) is 6.45.